The van der Waals surface area contributed by atoms with Gasteiger partial charge in [-0.3, -0.25) is 4.79 Å². The summed E-state index contributed by atoms with van der Waals surface area (Å²) >= 11 is 0. The number of carbonyl (C=O) groups excluding carboxylic acids is 2. The van der Waals surface area contributed by atoms with E-state index >= 15 is 0 Å². The molecule has 130 valence electrons. The zero-order chi connectivity index (χ0) is 18.4. The summed E-state index contributed by atoms with van der Waals surface area (Å²) in [4.78, 5) is 25.0. The number of amides is 1. The predicted molar refractivity (Wildman–Crippen MR) is 101 cm³/mol. The van der Waals surface area contributed by atoms with Gasteiger partial charge in [-0.05, 0) is 36.8 Å². The van der Waals surface area contributed by atoms with Gasteiger partial charge in [0.25, 0.3) is 5.91 Å². The fraction of sp³-hybridized carbons (Fsp3) is 0.0909. The molecule has 0 aliphatic heterocycles. The van der Waals surface area contributed by atoms with E-state index in [2.05, 4.69) is 5.32 Å². The zero-order valence-electron chi connectivity index (χ0n) is 14.4. The van der Waals surface area contributed by atoms with Gasteiger partial charge in [-0.15, -0.1) is 0 Å². The molecule has 1 amide bonds. The van der Waals surface area contributed by atoms with Crippen LogP contribution in [0.25, 0.3) is 0 Å². The largest absolute Gasteiger partial charge is 0.454 e. The smallest absolute Gasteiger partial charge is 0.340 e. The van der Waals surface area contributed by atoms with Crippen molar-refractivity contribution in [2.45, 2.75) is 13.0 Å². The molecule has 0 aliphatic rings. The SMILES string of the molecule is CC(OC(=O)c1ccccc1NC(=O)c1ccccc1)c1ccccc1. The second-order valence-corrected chi connectivity index (χ2v) is 5.82. The lowest BCUT2D eigenvalue weighted by Crippen LogP contribution is -2.16. The van der Waals surface area contributed by atoms with Crippen LogP contribution in [0, 0.1) is 0 Å². The van der Waals surface area contributed by atoms with Gasteiger partial charge < -0.3 is 10.1 Å². The number of carbonyl (C=O) groups is 2. The van der Waals surface area contributed by atoms with Gasteiger partial charge in [-0.25, -0.2) is 4.79 Å². The van der Waals surface area contributed by atoms with E-state index in [0.717, 1.165) is 5.56 Å². The molecule has 4 nitrogen and oxygen atoms in total. The van der Waals surface area contributed by atoms with Crippen LogP contribution in [-0.2, 0) is 4.74 Å². The van der Waals surface area contributed by atoms with Crippen LogP contribution in [-0.4, -0.2) is 11.9 Å². The maximum absolute atomic E-state index is 12.6. The Labute approximate surface area is 152 Å². The average molecular weight is 345 g/mol. The van der Waals surface area contributed by atoms with E-state index in [9.17, 15) is 9.59 Å². The molecule has 0 bridgehead atoms. The Balaban J connectivity index is 1.76. The van der Waals surface area contributed by atoms with E-state index in [-0.39, 0.29) is 12.0 Å². The minimum absolute atomic E-state index is 0.276. The van der Waals surface area contributed by atoms with Gasteiger partial charge in [0.2, 0.25) is 0 Å². The summed E-state index contributed by atoms with van der Waals surface area (Å²) in [5.41, 5.74) is 2.17. The molecule has 0 aromatic heterocycles. The van der Waals surface area contributed by atoms with Crippen molar-refractivity contribution in [1.29, 1.82) is 0 Å². The quantitative estimate of drug-likeness (QED) is 0.672. The fourth-order valence-corrected chi connectivity index (χ4v) is 2.57. The Bertz CT molecular complexity index is 892. The Morgan fingerprint density at radius 1 is 0.808 bits per heavy atom. The predicted octanol–water partition coefficient (Wildman–Crippen LogP) is 4.86. The van der Waals surface area contributed by atoms with E-state index in [1.54, 1.807) is 48.5 Å². The lowest BCUT2D eigenvalue weighted by molar-refractivity contribution is 0.0339. The van der Waals surface area contributed by atoms with Crippen molar-refractivity contribution < 1.29 is 14.3 Å². The fourth-order valence-electron chi connectivity index (χ4n) is 2.57. The molecule has 0 saturated heterocycles. The average Bonchev–Trinajstić information content (AvgIpc) is 2.69. The monoisotopic (exact) mass is 345 g/mol. The number of esters is 1. The molecule has 3 rings (SSSR count). The lowest BCUT2D eigenvalue weighted by atomic mass is 10.1. The summed E-state index contributed by atoms with van der Waals surface area (Å²) in [5, 5.41) is 2.78. The van der Waals surface area contributed by atoms with Gasteiger partial charge in [0, 0.05) is 5.56 Å². The number of anilines is 1. The van der Waals surface area contributed by atoms with E-state index < -0.39 is 5.97 Å². The van der Waals surface area contributed by atoms with Gasteiger partial charge in [-0.2, -0.15) is 0 Å². The normalized spacial score (nSPS) is 11.4. The van der Waals surface area contributed by atoms with Gasteiger partial charge in [0.05, 0.1) is 11.3 Å². The van der Waals surface area contributed by atoms with Crippen LogP contribution in [0.1, 0.15) is 39.3 Å². The summed E-state index contributed by atoms with van der Waals surface area (Å²) in [7, 11) is 0. The summed E-state index contributed by atoms with van der Waals surface area (Å²) in [6.45, 7) is 1.82. The first-order valence-electron chi connectivity index (χ1n) is 8.36. The van der Waals surface area contributed by atoms with Gasteiger partial charge >= 0.3 is 5.97 Å². The first-order chi connectivity index (χ1) is 12.6. The molecule has 4 heteroatoms. The summed E-state index contributed by atoms with van der Waals surface area (Å²) < 4.78 is 5.56. The number of nitrogens with one attached hydrogen (secondary N) is 1. The molecule has 0 radical (unpaired) electrons. The highest BCUT2D eigenvalue weighted by Gasteiger charge is 2.18. The van der Waals surface area contributed by atoms with Crippen LogP contribution < -0.4 is 5.32 Å². The molecule has 1 unspecified atom stereocenters. The number of hydrogen-bond acceptors (Lipinski definition) is 3. The van der Waals surface area contributed by atoms with Crippen molar-refractivity contribution in [3.63, 3.8) is 0 Å². The molecule has 0 spiro atoms. The van der Waals surface area contributed by atoms with Crippen LogP contribution in [0.5, 0.6) is 0 Å². The van der Waals surface area contributed by atoms with Crippen LogP contribution in [0.15, 0.2) is 84.9 Å². The van der Waals surface area contributed by atoms with Crippen molar-refractivity contribution in [3.8, 4) is 0 Å². The topological polar surface area (TPSA) is 55.4 Å². The van der Waals surface area contributed by atoms with Crippen molar-refractivity contribution in [1.82, 2.24) is 0 Å². The molecule has 1 N–H and O–H groups in total. The van der Waals surface area contributed by atoms with Gasteiger partial charge in [0.15, 0.2) is 0 Å². The van der Waals surface area contributed by atoms with Gasteiger partial charge in [-0.1, -0.05) is 60.7 Å². The lowest BCUT2D eigenvalue weighted by Gasteiger charge is -2.15. The maximum Gasteiger partial charge on any atom is 0.340 e. The Hall–Kier alpha value is -3.40. The summed E-state index contributed by atoms with van der Waals surface area (Å²) in [6.07, 6.45) is -0.387. The van der Waals surface area contributed by atoms with Crippen molar-refractivity contribution in [2.75, 3.05) is 5.32 Å². The molecular weight excluding hydrogens is 326 g/mol. The number of hydrogen-bond donors (Lipinski definition) is 1. The standard InChI is InChI=1S/C22H19NO3/c1-16(17-10-4-2-5-11-17)26-22(25)19-14-8-9-15-20(19)23-21(24)18-12-6-3-7-13-18/h2-16H,1H3,(H,23,24). The third kappa shape index (κ3) is 4.16. The highest BCUT2D eigenvalue weighted by Crippen LogP contribution is 2.22. The van der Waals surface area contributed by atoms with E-state index in [4.69, 9.17) is 4.74 Å². The molecule has 0 aliphatic carbocycles. The Morgan fingerprint density at radius 2 is 1.38 bits per heavy atom. The molecule has 3 aromatic rings. The second-order valence-electron chi connectivity index (χ2n) is 5.82. The summed E-state index contributed by atoms with van der Waals surface area (Å²) in [5.74, 6) is -0.757. The number of para-hydroxylation sites is 1. The first-order valence-corrected chi connectivity index (χ1v) is 8.36. The minimum Gasteiger partial charge on any atom is -0.454 e. The van der Waals surface area contributed by atoms with E-state index in [0.29, 0.717) is 16.8 Å². The second kappa shape index (κ2) is 8.12. The number of benzene rings is 3. The first kappa shape index (κ1) is 17.4. The third-order valence-electron chi connectivity index (χ3n) is 3.98. The van der Waals surface area contributed by atoms with Crippen molar-refractivity contribution in [3.05, 3.63) is 102 Å². The Morgan fingerprint density at radius 3 is 2.08 bits per heavy atom. The van der Waals surface area contributed by atoms with Crippen LogP contribution in [0.4, 0.5) is 5.69 Å². The summed E-state index contributed by atoms with van der Waals surface area (Å²) in [6, 6.07) is 25.2. The molecule has 0 fully saturated rings. The highest BCUT2D eigenvalue weighted by atomic mass is 16.5. The molecule has 26 heavy (non-hydrogen) atoms. The van der Waals surface area contributed by atoms with Gasteiger partial charge in [0.1, 0.15) is 6.10 Å². The minimum atomic E-state index is -0.481. The van der Waals surface area contributed by atoms with Crippen molar-refractivity contribution >= 4 is 17.6 Å². The highest BCUT2D eigenvalue weighted by molar-refractivity contribution is 6.08. The van der Waals surface area contributed by atoms with Crippen LogP contribution in [0.2, 0.25) is 0 Å². The van der Waals surface area contributed by atoms with Crippen LogP contribution >= 0.6 is 0 Å². The van der Waals surface area contributed by atoms with E-state index in [1.807, 2.05) is 43.3 Å². The maximum atomic E-state index is 12.6. The Kier molecular flexibility index (Phi) is 5.44. The third-order valence-corrected chi connectivity index (χ3v) is 3.98. The molecule has 1 atom stereocenters. The molecule has 0 saturated carbocycles. The van der Waals surface area contributed by atoms with Crippen molar-refractivity contribution in [2.24, 2.45) is 0 Å². The molecule has 0 heterocycles. The number of ether oxygens (including phenoxy) is 1. The zero-order valence-corrected chi connectivity index (χ0v) is 14.4. The molecule has 3 aromatic carbocycles. The van der Waals surface area contributed by atoms with Crippen LogP contribution in [0.3, 0.4) is 0 Å². The van der Waals surface area contributed by atoms with E-state index in [1.165, 1.54) is 0 Å². The molecular formula is C22H19NO3. The number of rotatable bonds is 5.